The van der Waals surface area contributed by atoms with Crippen LogP contribution in [0.2, 0.25) is 5.02 Å². The monoisotopic (exact) mass is 405 g/mol. The lowest BCUT2D eigenvalue weighted by Gasteiger charge is -2.45. The minimum atomic E-state index is -3.64. The topological polar surface area (TPSA) is 78.5 Å². The Morgan fingerprint density at radius 2 is 1.78 bits per heavy atom. The molecule has 4 rings (SSSR count). The summed E-state index contributed by atoms with van der Waals surface area (Å²) in [6.07, 6.45) is 0.956. The quantitative estimate of drug-likeness (QED) is 0.805. The van der Waals surface area contributed by atoms with Gasteiger partial charge >= 0.3 is 0 Å². The Hall–Kier alpha value is -2.09. The normalized spacial score (nSPS) is 19.3. The van der Waals surface area contributed by atoms with Gasteiger partial charge in [-0.2, -0.15) is 4.31 Å². The maximum atomic E-state index is 13.1. The number of aryl methyl sites for hydroxylation is 1. The van der Waals surface area contributed by atoms with Crippen molar-refractivity contribution in [2.24, 2.45) is 0 Å². The van der Waals surface area contributed by atoms with Gasteiger partial charge in [-0.1, -0.05) is 29.8 Å². The summed E-state index contributed by atoms with van der Waals surface area (Å²) in [7, 11) is -3.64. The Kier molecular flexibility index (Phi) is 4.41. The van der Waals surface area contributed by atoms with Gasteiger partial charge in [0.25, 0.3) is 5.91 Å². The number of halogens is 1. The Balaban J connectivity index is 1.56. The first-order valence-corrected chi connectivity index (χ1v) is 10.6. The van der Waals surface area contributed by atoms with Crippen LogP contribution in [0.15, 0.2) is 47.4 Å². The zero-order valence-corrected chi connectivity index (χ0v) is 16.4. The summed E-state index contributed by atoms with van der Waals surface area (Å²) >= 11 is 6.00. The Labute approximate surface area is 163 Å². The summed E-state index contributed by atoms with van der Waals surface area (Å²) in [5.41, 5.74) is 1.43. The molecule has 1 amide bonds. The van der Waals surface area contributed by atoms with Crippen LogP contribution >= 0.6 is 11.6 Å². The number of benzene rings is 2. The fraction of sp³-hybridized carbons (Fsp3) is 0.316. The van der Waals surface area contributed by atoms with E-state index in [0.717, 1.165) is 5.69 Å². The molecule has 6 nitrogen and oxygen atoms in total. The molecule has 0 radical (unpaired) electrons. The van der Waals surface area contributed by atoms with Crippen LogP contribution in [-0.4, -0.2) is 37.4 Å². The van der Waals surface area contributed by atoms with E-state index >= 15 is 0 Å². The fourth-order valence-corrected chi connectivity index (χ4v) is 5.64. The Bertz CT molecular complexity index is 1010. The highest BCUT2D eigenvalue weighted by Crippen LogP contribution is 2.33. The molecule has 2 N–H and O–H groups in total. The second-order valence-electron chi connectivity index (χ2n) is 7.02. The third-order valence-electron chi connectivity index (χ3n) is 5.24. The standard InChI is InChI=1S/C19H20ClN3O3S/c1-13-6-7-14(20)12-17(13)27(25,26)23-10-8-19(9-11-23)21-16-5-3-2-4-15(16)18(24)22-19/h2-7,12,21H,8-11H2,1H3,(H,22,24). The number of carbonyl (C=O) groups is 1. The molecular weight excluding hydrogens is 386 g/mol. The summed E-state index contributed by atoms with van der Waals surface area (Å²) in [4.78, 5) is 12.7. The molecule has 8 heteroatoms. The first-order chi connectivity index (χ1) is 12.8. The number of sulfonamides is 1. The van der Waals surface area contributed by atoms with Crippen LogP contribution in [0.5, 0.6) is 0 Å². The summed E-state index contributed by atoms with van der Waals surface area (Å²) < 4.78 is 27.6. The largest absolute Gasteiger partial charge is 0.362 e. The molecule has 142 valence electrons. The van der Waals surface area contributed by atoms with Crippen molar-refractivity contribution in [1.29, 1.82) is 0 Å². The van der Waals surface area contributed by atoms with E-state index in [9.17, 15) is 13.2 Å². The molecule has 0 unspecified atom stereocenters. The van der Waals surface area contributed by atoms with Gasteiger partial charge in [-0.05, 0) is 36.8 Å². The van der Waals surface area contributed by atoms with Crippen molar-refractivity contribution in [1.82, 2.24) is 9.62 Å². The van der Waals surface area contributed by atoms with Gasteiger partial charge in [-0.25, -0.2) is 8.42 Å². The predicted octanol–water partition coefficient (Wildman–Crippen LogP) is 2.98. The average molecular weight is 406 g/mol. The highest BCUT2D eigenvalue weighted by Gasteiger charge is 2.42. The van der Waals surface area contributed by atoms with Crippen LogP contribution in [0.3, 0.4) is 0 Å². The highest BCUT2D eigenvalue weighted by atomic mass is 35.5. The van der Waals surface area contributed by atoms with Gasteiger partial charge in [0, 0.05) is 36.6 Å². The third kappa shape index (κ3) is 3.20. The van der Waals surface area contributed by atoms with E-state index in [1.807, 2.05) is 18.2 Å². The maximum Gasteiger partial charge on any atom is 0.255 e. The maximum absolute atomic E-state index is 13.1. The fourth-order valence-electron chi connectivity index (χ4n) is 3.71. The second kappa shape index (κ2) is 6.51. The molecule has 2 aliphatic heterocycles. The number of nitrogens with zero attached hydrogens (tertiary/aromatic N) is 1. The first kappa shape index (κ1) is 18.3. The molecule has 2 aromatic carbocycles. The number of hydrogen-bond acceptors (Lipinski definition) is 4. The minimum absolute atomic E-state index is 0.133. The van der Waals surface area contributed by atoms with E-state index in [1.165, 1.54) is 10.4 Å². The number of fused-ring (bicyclic) bond motifs is 1. The number of hydrogen-bond donors (Lipinski definition) is 2. The van der Waals surface area contributed by atoms with Crippen molar-refractivity contribution >= 4 is 33.2 Å². The molecule has 1 spiro atoms. The smallest absolute Gasteiger partial charge is 0.255 e. The zero-order valence-electron chi connectivity index (χ0n) is 14.8. The van der Waals surface area contributed by atoms with Crippen LogP contribution in [0.25, 0.3) is 0 Å². The molecule has 1 saturated heterocycles. The minimum Gasteiger partial charge on any atom is -0.362 e. The molecule has 0 aliphatic carbocycles. The summed E-state index contributed by atoms with van der Waals surface area (Å²) in [5, 5.41) is 6.82. The zero-order chi connectivity index (χ0) is 19.2. The van der Waals surface area contributed by atoms with Gasteiger partial charge < -0.3 is 10.6 Å². The van der Waals surface area contributed by atoms with Crippen molar-refractivity contribution in [3.8, 4) is 0 Å². The van der Waals surface area contributed by atoms with Gasteiger partial charge in [0.2, 0.25) is 10.0 Å². The molecule has 0 aromatic heterocycles. The molecule has 1 fully saturated rings. The van der Waals surface area contributed by atoms with Crippen LogP contribution in [0, 0.1) is 6.92 Å². The van der Waals surface area contributed by atoms with Gasteiger partial charge in [0.05, 0.1) is 10.5 Å². The molecule has 0 bridgehead atoms. The summed E-state index contributed by atoms with van der Waals surface area (Å²) in [5.74, 6) is -0.133. The van der Waals surface area contributed by atoms with Crippen molar-refractivity contribution < 1.29 is 13.2 Å². The average Bonchev–Trinajstić information content (AvgIpc) is 2.64. The molecule has 0 saturated carbocycles. The molecular formula is C19H20ClN3O3S. The van der Waals surface area contributed by atoms with E-state index in [4.69, 9.17) is 11.6 Å². The van der Waals surface area contributed by atoms with Gasteiger partial charge in [-0.15, -0.1) is 0 Å². The second-order valence-corrected chi connectivity index (χ2v) is 9.36. The molecule has 2 heterocycles. The van der Waals surface area contributed by atoms with Crippen LogP contribution in [-0.2, 0) is 10.0 Å². The highest BCUT2D eigenvalue weighted by molar-refractivity contribution is 7.89. The Morgan fingerprint density at radius 1 is 1.07 bits per heavy atom. The number of anilines is 1. The van der Waals surface area contributed by atoms with Crippen LogP contribution < -0.4 is 10.6 Å². The van der Waals surface area contributed by atoms with Crippen molar-refractivity contribution in [3.05, 3.63) is 58.6 Å². The Morgan fingerprint density at radius 3 is 2.52 bits per heavy atom. The van der Waals surface area contributed by atoms with Crippen molar-refractivity contribution in [2.45, 2.75) is 30.3 Å². The van der Waals surface area contributed by atoms with E-state index in [-0.39, 0.29) is 10.8 Å². The lowest BCUT2D eigenvalue weighted by Crippen LogP contribution is -2.62. The number of nitrogens with one attached hydrogen (secondary N) is 2. The number of piperidine rings is 1. The van der Waals surface area contributed by atoms with Gasteiger partial charge in [0.15, 0.2) is 0 Å². The number of para-hydroxylation sites is 1. The van der Waals surface area contributed by atoms with E-state index in [1.54, 1.807) is 25.1 Å². The molecule has 0 atom stereocenters. The first-order valence-electron chi connectivity index (χ1n) is 8.77. The number of amides is 1. The predicted molar refractivity (Wildman–Crippen MR) is 104 cm³/mol. The van der Waals surface area contributed by atoms with Crippen LogP contribution in [0.4, 0.5) is 5.69 Å². The lowest BCUT2D eigenvalue weighted by molar-refractivity contribution is 0.0865. The number of rotatable bonds is 2. The molecule has 2 aromatic rings. The SMILES string of the molecule is Cc1ccc(Cl)cc1S(=O)(=O)N1CCC2(CC1)NC(=O)c1ccccc1N2. The van der Waals surface area contributed by atoms with Crippen molar-refractivity contribution in [3.63, 3.8) is 0 Å². The molecule has 27 heavy (non-hydrogen) atoms. The van der Waals surface area contributed by atoms with E-state index < -0.39 is 15.7 Å². The summed E-state index contributed by atoms with van der Waals surface area (Å²) in [6.45, 7) is 2.38. The van der Waals surface area contributed by atoms with Crippen LogP contribution in [0.1, 0.15) is 28.8 Å². The van der Waals surface area contributed by atoms with Gasteiger partial charge in [-0.3, -0.25) is 4.79 Å². The van der Waals surface area contributed by atoms with E-state index in [2.05, 4.69) is 10.6 Å². The third-order valence-corrected chi connectivity index (χ3v) is 7.52. The van der Waals surface area contributed by atoms with Crippen molar-refractivity contribution in [2.75, 3.05) is 18.4 Å². The van der Waals surface area contributed by atoms with E-state index in [0.29, 0.717) is 42.1 Å². The van der Waals surface area contributed by atoms with Gasteiger partial charge in [0.1, 0.15) is 5.66 Å². The summed E-state index contributed by atoms with van der Waals surface area (Å²) in [6, 6.07) is 12.2. The lowest BCUT2D eigenvalue weighted by atomic mass is 9.93. The molecule has 2 aliphatic rings. The number of carbonyl (C=O) groups excluding carboxylic acids is 1.